The van der Waals surface area contributed by atoms with Crippen molar-refractivity contribution in [2.45, 2.75) is 38.4 Å². The lowest BCUT2D eigenvalue weighted by molar-refractivity contribution is 0.530. The zero-order chi connectivity index (χ0) is 11.5. The van der Waals surface area contributed by atoms with Crippen molar-refractivity contribution in [3.63, 3.8) is 0 Å². The van der Waals surface area contributed by atoms with Crippen LogP contribution in [0.1, 0.15) is 38.4 Å². The summed E-state index contributed by atoms with van der Waals surface area (Å²) in [6, 6.07) is 3.98. The van der Waals surface area contributed by atoms with Crippen LogP contribution in [0.4, 0.5) is 0 Å². The third kappa shape index (κ3) is 6.96. The van der Waals surface area contributed by atoms with Crippen molar-refractivity contribution in [1.82, 2.24) is 5.32 Å². The number of thioether (sulfide) groups is 1. The van der Waals surface area contributed by atoms with Gasteiger partial charge in [0.05, 0.1) is 12.0 Å². The first-order valence-electron chi connectivity index (χ1n) is 6.24. The zero-order valence-electron chi connectivity index (χ0n) is 10.2. The van der Waals surface area contributed by atoms with Crippen LogP contribution in [-0.2, 0) is 5.75 Å². The van der Waals surface area contributed by atoms with Gasteiger partial charge in [0.15, 0.2) is 0 Å². The van der Waals surface area contributed by atoms with Crippen molar-refractivity contribution in [3.05, 3.63) is 24.2 Å². The summed E-state index contributed by atoms with van der Waals surface area (Å²) in [6.07, 6.45) is 7.11. The van der Waals surface area contributed by atoms with Crippen molar-refractivity contribution in [2.24, 2.45) is 0 Å². The van der Waals surface area contributed by atoms with Crippen molar-refractivity contribution in [3.8, 4) is 0 Å². The SMILES string of the molecule is CCCCCCNCCSCc1ccco1. The van der Waals surface area contributed by atoms with Crippen LogP contribution in [0.15, 0.2) is 22.8 Å². The number of nitrogens with one attached hydrogen (secondary N) is 1. The van der Waals surface area contributed by atoms with Gasteiger partial charge in [0.25, 0.3) is 0 Å². The maximum absolute atomic E-state index is 5.26. The molecule has 0 aliphatic heterocycles. The van der Waals surface area contributed by atoms with Crippen molar-refractivity contribution < 1.29 is 4.42 Å². The van der Waals surface area contributed by atoms with Crippen molar-refractivity contribution in [2.75, 3.05) is 18.8 Å². The molecule has 1 aromatic rings. The minimum Gasteiger partial charge on any atom is -0.468 e. The van der Waals surface area contributed by atoms with Crippen LogP contribution in [0, 0.1) is 0 Å². The smallest absolute Gasteiger partial charge is 0.113 e. The molecule has 2 nitrogen and oxygen atoms in total. The summed E-state index contributed by atoms with van der Waals surface area (Å²) in [6.45, 7) is 4.53. The van der Waals surface area contributed by atoms with E-state index in [0.717, 1.165) is 23.8 Å². The van der Waals surface area contributed by atoms with Gasteiger partial charge in [-0.25, -0.2) is 0 Å². The average molecular weight is 241 g/mol. The second kappa shape index (κ2) is 9.79. The molecule has 0 unspecified atom stereocenters. The molecule has 0 saturated carbocycles. The Morgan fingerprint density at radius 1 is 1.25 bits per heavy atom. The van der Waals surface area contributed by atoms with Crippen LogP contribution < -0.4 is 5.32 Å². The molecule has 0 saturated heterocycles. The molecule has 0 radical (unpaired) electrons. The second-order valence-electron chi connectivity index (χ2n) is 3.94. The van der Waals surface area contributed by atoms with Gasteiger partial charge in [-0.1, -0.05) is 26.2 Å². The van der Waals surface area contributed by atoms with Crippen LogP contribution >= 0.6 is 11.8 Å². The van der Waals surface area contributed by atoms with Gasteiger partial charge in [-0.05, 0) is 25.1 Å². The normalized spacial score (nSPS) is 10.8. The van der Waals surface area contributed by atoms with E-state index in [2.05, 4.69) is 12.2 Å². The first-order chi connectivity index (χ1) is 7.93. The van der Waals surface area contributed by atoms with Gasteiger partial charge in [0.2, 0.25) is 0 Å². The van der Waals surface area contributed by atoms with Crippen molar-refractivity contribution in [1.29, 1.82) is 0 Å². The largest absolute Gasteiger partial charge is 0.468 e. The average Bonchev–Trinajstić information content (AvgIpc) is 2.80. The highest BCUT2D eigenvalue weighted by Gasteiger charge is 1.95. The monoisotopic (exact) mass is 241 g/mol. The Labute approximate surface area is 103 Å². The summed E-state index contributed by atoms with van der Waals surface area (Å²) in [5.74, 6) is 3.23. The van der Waals surface area contributed by atoms with Crippen LogP contribution in [0.5, 0.6) is 0 Å². The Hall–Kier alpha value is -0.410. The van der Waals surface area contributed by atoms with E-state index in [1.165, 1.54) is 32.2 Å². The third-order valence-electron chi connectivity index (χ3n) is 2.45. The van der Waals surface area contributed by atoms with E-state index >= 15 is 0 Å². The molecule has 0 spiro atoms. The fourth-order valence-corrected chi connectivity index (χ4v) is 2.31. The third-order valence-corrected chi connectivity index (χ3v) is 3.44. The Morgan fingerprint density at radius 3 is 2.94 bits per heavy atom. The summed E-state index contributed by atoms with van der Waals surface area (Å²) in [4.78, 5) is 0. The molecule has 1 N–H and O–H groups in total. The molecule has 0 amide bonds. The van der Waals surface area contributed by atoms with Gasteiger partial charge >= 0.3 is 0 Å². The number of rotatable bonds is 10. The van der Waals surface area contributed by atoms with E-state index in [0.29, 0.717) is 0 Å². The predicted octanol–water partition coefficient (Wildman–Crippen LogP) is 3.68. The summed E-state index contributed by atoms with van der Waals surface area (Å²) in [5.41, 5.74) is 0. The zero-order valence-corrected chi connectivity index (χ0v) is 11.0. The molecule has 0 aliphatic carbocycles. The van der Waals surface area contributed by atoms with Crippen molar-refractivity contribution >= 4 is 11.8 Å². The Morgan fingerprint density at radius 2 is 2.19 bits per heavy atom. The quantitative estimate of drug-likeness (QED) is 0.633. The number of hydrogen-bond acceptors (Lipinski definition) is 3. The lowest BCUT2D eigenvalue weighted by Crippen LogP contribution is -2.18. The van der Waals surface area contributed by atoms with E-state index in [1.54, 1.807) is 6.26 Å². The molecule has 1 aromatic heterocycles. The molecule has 0 fully saturated rings. The molecule has 3 heteroatoms. The van der Waals surface area contributed by atoms with Gasteiger partial charge in [-0.2, -0.15) is 11.8 Å². The van der Waals surface area contributed by atoms with Gasteiger partial charge in [0, 0.05) is 12.3 Å². The highest BCUT2D eigenvalue weighted by molar-refractivity contribution is 7.98. The molecule has 1 rings (SSSR count). The number of furan rings is 1. The summed E-state index contributed by atoms with van der Waals surface area (Å²) in [7, 11) is 0. The molecular weight excluding hydrogens is 218 g/mol. The minimum absolute atomic E-state index is 0.991. The summed E-state index contributed by atoms with van der Waals surface area (Å²) >= 11 is 1.92. The van der Waals surface area contributed by atoms with Crippen LogP contribution in [0.2, 0.25) is 0 Å². The predicted molar refractivity (Wildman–Crippen MR) is 71.9 cm³/mol. The number of unbranched alkanes of at least 4 members (excludes halogenated alkanes) is 3. The Balaban J connectivity index is 1.78. The second-order valence-corrected chi connectivity index (χ2v) is 5.05. The lowest BCUT2D eigenvalue weighted by Gasteiger charge is -2.03. The summed E-state index contributed by atoms with van der Waals surface area (Å²) in [5, 5.41) is 3.47. The molecule has 0 atom stereocenters. The van der Waals surface area contributed by atoms with E-state index in [4.69, 9.17) is 4.42 Å². The maximum atomic E-state index is 5.26. The molecule has 1 heterocycles. The summed E-state index contributed by atoms with van der Waals surface area (Å²) < 4.78 is 5.26. The maximum Gasteiger partial charge on any atom is 0.113 e. The fourth-order valence-electron chi connectivity index (χ4n) is 1.51. The fraction of sp³-hybridized carbons (Fsp3) is 0.692. The van der Waals surface area contributed by atoms with Gasteiger partial charge < -0.3 is 9.73 Å². The van der Waals surface area contributed by atoms with E-state index in [-0.39, 0.29) is 0 Å². The molecular formula is C13H23NOS. The highest BCUT2D eigenvalue weighted by atomic mass is 32.2. The van der Waals surface area contributed by atoms with Gasteiger partial charge in [-0.3, -0.25) is 0 Å². The molecule has 0 bridgehead atoms. The first kappa shape index (κ1) is 13.7. The molecule has 16 heavy (non-hydrogen) atoms. The minimum atomic E-state index is 0.991. The lowest BCUT2D eigenvalue weighted by atomic mass is 10.2. The van der Waals surface area contributed by atoms with Crippen LogP contribution in [0.3, 0.4) is 0 Å². The topological polar surface area (TPSA) is 25.2 Å². The Bertz CT molecular complexity index is 236. The highest BCUT2D eigenvalue weighted by Crippen LogP contribution is 2.11. The molecule has 92 valence electrons. The van der Waals surface area contributed by atoms with Crippen LogP contribution in [0.25, 0.3) is 0 Å². The van der Waals surface area contributed by atoms with Crippen LogP contribution in [-0.4, -0.2) is 18.8 Å². The van der Waals surface area contributed by atoms with Gasteiger partial charge in [0.1, 0.15) is 5.76 Å². The standard InChI is InChI=1S/C13H23NOS/c1-2-3-4-5-8-14-9-11-16-12-13-7-6-10-15-13/h6-7,10,14H,2-5,8-9,11-12H2,1H3. The number of hydrogen-bond donors (Lipinski definition) is 1. The van der Waals surface area contributed by atoms with E-state index in [1.807, 2.05) is 23.9 Å². The van der Waals surface area contributed by atoms with Gasteiger partial charge in [-0.15, -0.1) is 0 Å². The molecule has 0 aromatic carbocycles. The van der Waals surface area contributed by atoms with E-state index < -0.39 is 0 Å². The Kier molecular flexibility index (Phi) is 8.35. The van der Waals surface area contributed by atoms with E-state index in [9.17, 15) is 0 Å². The first-order valence-corrected chi connectivity index (χ1v) is 7.39. The molecule has 0 aliphatic rings.